The molecule has 4 saturated carbocycles. The predicted molar refractivity (Wildman–Crippen MR) is 135 cm³/mol. The van der Waals surface area contributed by atoms with Gasteiger partial charge in [-0.2, -0.15) is 0 Å². The van der Waals surface area contributed by atoms with Crippen LogP contribution in [-0.4, -0.2) is 44.8 Å². The lowest BCUT2D eigenvalue weighted by Gasteiger charge is -2.70. The fourth-order valence-electron chi connectivity index (χ4n) is 11.1. The van der Waals surface area contributed by atoms with Crippen LogP contribution in [0.3, 0.4) is 0 Å². The van der Waals surface area contributed by atoms with Crippen LogP contribution in [0.4, 0.5) is 0 Å². The molecule has 11 atom stereocenters. The van der Waals surface area contributed by atoms with E-state index in [0.29, 0.717) is 17.8 Å². The summed E-state index contributed by atoms with van der Waals surface area (Å²) in [4.78, 5) is 0. The number of fused-ring (bicyclic) bond motifs is 5. The van der Waals surface area contributed by atoms with Crippen molar-refractivity contribution in [2.75, 3.05) is 0 Å². The standard InChI is InChI=1S/C30H52O4/c1-25(2)20-10-15-28(6)21(27(20,5)13-11-22(25)32)17-19(31)24-18(9-14-29(24,28)7)30(8)16-12-23(34-30)26(3,4)33/h18-24,31-33H,9-17H2,1-8H3/t18-,19+,20+,21+,22+,23+,24-,27-,28+,29+,30-/m0/s1. The molecule has 5 fully saturated rings. The maximum absolute atomic E-state index is 11.9. The number of ether oxygens (including phenoxy) is 1. The average molecular weight is 477 g/mol. The SMILES string of the molecule is CC(C)(O)[C@H]1CC[C@@](C)([C@H]2CC[C@]3(C)[C@@H]2[C@H](O)C[C@@H]2[C@@]4(C)CC[C@@H](O)C(C)(C)[C@H]4CC[C@]23C)O1. The molecule has 0 bridgehead atoms. The highest BCUT2D eigenvalue weighted by molar-refractivity contribution is 5.20. The molecule has 3 N–H and O–H groups in total. The van der Waals surface area contributed by atoms with Crippen molar-refractivity contribution in [1.29, 1.82) is 0 Å². The van der Waals surface area contributed by atoms with E-state index in [2.05, 4.69) is 41.5 Å². The molecule has 0 radical (unpaired) electrons. The largest absolute Gasteiger partial charge is 0.393 e. The number of rotatable bonds is 2. The van der Waals surface area contributed by atoms with Crippen molar-refractivity contribution in [3.05, 3.63) is 0 Å². The van der Waals surface area contributed by atoms with Gasteiger partial charge in [0, 0.05) is 0 Å². The monoisotopic (exact) mass is 476 g/mol. The normalized spacial score (nSPS) is 57.1. The molecule has 1 saturated heterocycles. The van der Waals surface area contributed by atoms with Gasteiger partial charge >= 0.3 is 0 Å². The van der Waals surface area contributed by atoms with Crippen LogP contribution in [0.1, 0.15) is 113 Å². The van der Waals surface area contributed by atoms with Crippen LogP contribution in [0.25, 0.3) is 0 Å². The molecule has 4 nitrogen and oxygen atoms in total. The second-order valence-electron chi connectivity index (χ2n) is 15.4. The van der Waals surface area contributed by atoms with Crippen LogP contribution < -0.4 is 0 Å². The van der Waals surface area contributed by atoms with Crippen molar-refractivity contribution in [3.63, 3.8) is 0 Å². The molecule has 4 heteroatoms. The lowest BCUT2D eigenvalue weighted by atomic mass is 9.35. The summed E-state index contributed by atoms with van der Waals surface area (Å²) in [7, 11) is 0. The molecule has 0 amide bonds. The van der Waals surface area contributed by atoms with E-state index in [4.69, 9.17) is 4.74 Å². The van der Waals surface area contributed by atoms with Crippen molar-refractivity contribution in [2.45, 2.75) is 143 Å². The molecule has 0 unspecified atom stereocenters. The zero-order chi connectivity index (χ0) is 25.1. The molecule has 0 aromatic rings. The number of aliphatic hydroxyl groups is 3. The number of hydrogen-bond acceptors (Lipinski definition) is 4. The molecule has 34 heavy (non-hydrogen) atoms. The fraction of sp³-hybridized carbons (Fsp3) is 1.00. The van der Waals surface area contributed by atoms with Crippen molar-refractivity contribution < 1.29 is 20.1 Å². The topological polar surface area (TPSA) is 69.9 Å². The molecule has 5 aliphatic rings. The summed E-state index contributed by atoms with van der Waals surface area (Å²) in [5.41, 5.74) is -0.703. The summed E-state index contributed by atoms with van der Waals surface area (Å²) >= 11 is 0. The Morgan fingerprint density at radius 2 is 1.41 bits per heavy atom. The molecule has 0 spiro atoms. The summed E-state index contributed by atoms with van der Waals surface area (Å²) in [6.07, 6.45) is 8.72. The minimum atomic E-state index is -0.826. The van der Waals surface area contributed by atoms with Gasteiger partial charge in [0.1, 0.15) is 0 Å². The zero-order valence-corrected chi connectivity index (χ0v) is 23.2. The van der Waals surface area contributed by atoms with Gasteiger partial charge in [-0.1, -0.05) is 34.6 Å². The Kier molecular flexibility index (Phi) is 5.59. The van der Waals surface area contributed by atoms with Crippen molar-refractivity contribution in [2.24, 2.45) is 45.3 Å². The first-order chi connectivity index (χ1) is 15.5. The van der Waals surface area contributed by atoms with E-state index in [1.54, 1.807) is 0 Å². The summed E-state index contributed by atoms with van der Waals surface area (Å²) in [6.45, 7) is 18.1. The first kappa shape index (κ1) is 25.5. The van der Waals surface area contributed by atoms with Crippen LogP contribution in [0.15, 0.2) is 0 Å². The van der Waals surface area contributed by atoms with Gasteiger partial charge in [0.15, 0.2) is 0 Å². The third-order valence-corrected chi connectivity index (χ3v) is 13.3. The van der Waals surface area contributed by atoms with Crippen LogP contribution in [0.5, 0.6) is 0 Å². The zero-order valence-electron chi connectivity index (χ0n) is 23.2. The molecule has 0 aromatic carbocycles. The van der Waals surface area contributed by atoms with E-state index >= 15 is 0 Å². The Balaban J connectivity index is 1.48. The van der Waals surface area contributed by atoms with E-state index in [0.717, 1.165) is 44.9 Å². The Hall–Kier alpha value is -0.160. The second-order valence-corrected chi connectivity index (χ2v) is 15.4. The highest BCUT2D eigenvalue weighted by Crippen LogP contribution is 2.76. The molecular weight excluding hydrogens is 424 g/mol. The molecule has 4 aliphatic carbocycles. The minimum absolute atomic E-state index is 0.0630. The van der Waals surface area contributed by atoms with E-state index in [1.807, 2.05) is 13.8 Å². The van der Waals surface area contributed by atoms with Crippen LogP contribution in [-0.2, 0) is 4.74 Å². The molecule has 5 rings (SSSR count). The number of aliphatic hydroxyl groups excluding tert-OH is 2. The Bertz CT molecular complexity index is 817. The van der Waals surface area contributed by atoms with Crippen LogP contribution >= 0.6 is 0 Å². The van der Waals surface area contributed by atoms with Gasteiger partial charge in [-0.25, -0.2) is 0 Å². The maximum atomic E-state index is 11.9. The minimum Gasteiger partial charge on any atom is -0.393 e. The molecule has 1 heterocycles. The van der Waals surface area contributed by atoms with Gasteiger partial charge in [-0.15, -0.1) is 0 Å². The smallest absolute Gasteiger partial charge is 0.0865 e. The van der Waals surface area contributed by atoms with Crippen molar-refractivity contribution in [3.8, 4) is 0 Å². The van der Waals surface area contributed by atoms with Crippen molar-refractivity contribution >= 4 is 0 Å². The third kappa shape index (κ3) is 3.16. The van der Waals surface area contributed by atoms with Gasteiger partial charge in [0.05, 0.1) is 29.5 Å². The van der Waals surface area contributed by atoms with Gasteiger partial charge in [-0.3, -0.25) is 0 Å². The van der Waals surface area contributed by atoms with Gasteiger partial charge in [0.2, 0.25) is 0 Å². The quantitative estimate of drug-likeness (QED) is 0.477. The van der Waals surface area contributed by atoms with Gasteiger partial charge < -0.3 is 20.1 Å². The number of hydrogen-bond donors (Lipinski definition) is 3. The van der Waals surface area contributed by atoms with Crippen LogP contribution in [0, 0.1) is 45.3 Å². The van der Waals surface area contributed by atoms with E-state index in [9.17, 15) is 15.3 Å². The Labute approximate surface area is 208 Å². The molecule has 1 aliphatic heterocycles. The lowest BCUT2D eigenvalue weighted by Crippen LogP contribution is -2.66. The Morgan fingerprint density at radius 1 is 0.765 bits per heavy atom. The first-order valence-corrected chi connectivity index (χ1v) is 14.3. The summed E-state index contributed by atoms with van der Waals surface area (Å²) < 4.78 is 6.66. The highest BCUT2D eigenvalue weighted by atomic mass is 16.5. The highest BCUT2D eigenvalue weighted by Gasteiger charge is 2.71. The van der Waals surface area contributed by atoms with E-state index in [1.165, 1.54) is 12.8 Å². The van der Waals surface area contributed by atoms with Gasteiger partial charge in [0.25, 0.3) is 0 Å². The van der Waals surface area contributed by atoms with Gasteiger partial charge in [-0.05, 0) is 124 Å². The fourth-order valence-corrected chi connectivity index (χ4v) is 11.1. The molecule has 196 valence electrons. The summed E-state index contributed by atoms with van der Waals surface area (Å²) in [5.74, 6) is 1.59. The summed E-state index contributed by atoms with van der Waals surface area (Å²) in [5, 5.41) is 33.4. The Morgan fingerprint density at radius 3 is 2.03 bits per heavy atom. The lowest BCUT2D eigenvalue weighted by molar-refractivity contribution is -0.248. The average Bonchev–Trinajstić information content (AvgIpc) is 3.30. The predicted octanol–water partition coefficient (Wildman–Crippen LogP) is 5.71. The van der Waals surface area contributed by atoms with E-state index in [-0.39, 0.29) is 51.5 Å². The van der Waals surface area contributed by atoms with E-state index < -0.39 is 5.60 Å². The molecule has 0 aromatic heterocycles. The second kappa shape index (κ2) is 7.45. The molecular formula is C30H52O4. The third-order valence-electron chi connectivity index (χ3n) is 13.3. The van der Waals surface area contributed by atoms with Crippen LogP contribution in [0.2, 0.25) is 0 Å². The first-order valence-electron chi connectivity index (χ1n) is 14.3. The maximum Gasteiger partial charge on any atom is 0.0865 e. The van der Waals surface area contributed by atoms with Crippen molar-refractivity contribution in [1.82, 2.24) is 0 Å². The summed E-state index contributed by atoms with van der Waals surface area (Å²) in [6, 6.07) is 0.